The van der Waals surface area contributed by atoms with Gasteiger partial charge in [0.15, 0.2) is 11.5 Å². The Kier molecular flexibility index (Phi) is 6.86. The molecule has 0 bridgehead atoms. The zero-order valence-corrected chi connectivity index (χ0v) is 17.2. The number of nitrogens with zero attached hydrogens (tertiary/aromatic N) is 2. The molecular formula is C22H23N3O6. The average Bonchev–Trinajstić information content (AvgIpc) is 2.78. The van der Waals surface area contributed by atoms with Gasteiger partial charge in [-0.25, -0.2) is 4.98 Å². The van der Waals surface area contributed by atoms with Gasteiger partial charge in [0.2, 0.25) is 6.10 Å². The normalized spacial score (nSPS) is 11.7. The first-order valence-corrected chi connectivity index (χ1v) is 9.59. The van der Waals surface area contributed by atoms with E-state index in [1.54, 1.807) is 42.5 Å². The Morgan fingerprint density at radius 1 is 1.10 bits per heavy atom. The molecule has 0 aliphatic rings. The number of nitrogens with two attached hydrogens (primary N) is 1. The Morgan fingerprint density at radius 2 is 1.77 bits per heavy atom. The smallest absolute Gasteiger partial charge is 0.306 e. The summed E-state index contributed by atoms with van der Waals surface area (Å²) < 4.78 is 17.1. The van der Waals surface area contributed by atoms with Crippen molar-refractivity contribution in [2.45, 2.75) is 25.5 Å². The fourth-order valence-corrected chi connectivity index (χ4v) is 3.15. The summed E-state index contributed by atoms with van der Waals surface area (Å²) in [6.07, 6.45) is 0.589. The molecule has 0 saturated carbocycles. The van der Waals surface area contributed by atoms with Crippen molar-refractivity contribution < 1.29 is 23.8 Å². The van der Waals surface area contributed by atoms with Crippen molar-refractivity contribution in [2.24, 2.45) is 5.73 Å². The van der Waals surface area contributed by atoms with Crippen LogP contribution in [-0.2, 0) is 20.9 Å². The Labute approximate surface area is 178 Å². The molecule has 0 aliphatic heterocycles. The van der Waals surface area contributed by atoms with E-state index in [1.165, 1.54) is 25.1 Å². The van der Waals surface area contributed by atoms with Crippen LogP contribution in [0.4, 0.5) is 0 Å². The summed E-state index contributed by atoms with van der Waals surface area (Å²) in [6.45, 7) is 0.248. The van der Waals surface area contributed by atoms with Crippen molar-refractivity contribution >= 4 is 22.8 Å². The molecule has 0 aliphatic carbocycles. The van der Waals surface area contributed by atoms with Gasteiger partial charge >= 0.3 is 5.97 Å². The quantitative estimate of drug-likeness (QED) is 0.520. The molecule has 9 nitrogen and oxygen atoms in total. The zero-order chi connectivity index (χ0) is 22.4. The van der Waals surface area contributed by atoms with Gasteiger partial charge in [0, 0.05) is 24.6 Å². The molecule has 0 spiro atoms. The van der Waals surface area contributed by atoms with Crippen molar-refractivity contribution in [3.05, 3.63) is 64.7 Å². The number of primary amides is 1. The lowest BCUT2D eigenvalue weighted by atomic mass is 10.1. The second-order valence-corrected chi connectivity index (χ2v) is 6.75. The summed E-state index contributed by atoms with van der Waals surface area (Å²) in [6, 6.07) is 11.8. The number of amides is 1. The highest BCUT2D eigenvalue weighted by atomic mass is 16.5. The molecule has 3 aromatic rings. The summed E-state index contributed by atoms with van der Waals surface area (Å²) in [5.74, 6) is -0.432. The van der Waals surface area contributed by atoms with Crippen molar-refractivity contribution in [1.82, 2.24) is 9.55 Å². The number of carbonyl (C=O) groups is 2. The van der Waals surface area contributed by atoms with Gasteiger partial charge < -0.3 is 19.9 Å². The van der Waals surface area contributed by atoms with Gasteiger partial charge in [-0.3, -0.25) is 19.0 Å². The number of fused-ring (bicyclic) bond motifs is 1. The number of ether oxygens (including phenoxy) is 3. The molecule has 162 valence electrons. The molecule has 2 N–H and O–H groups in total. The van der Waals surface area contributed by atoms with Crippen molar-refractivity contribution in [2.75, 3.05) is 14.2 Å². The highest BCUT2D eigenvalue weighted by Gasteiger charge is 2.22. The zero-order valence-electron chi connectivity index (χ0n) is 17.2. The maximum atomic E-state index is 12.8. The summed E-state index contributed by atoms with van der Waals surface area (Å²) in [5, 5.41) is 0.376. The minimum atomic E-state index is -1.15. The van der Waals surface area contributed by atoms with E-state index in [2.05, 4.69) is 4.98 Å². The van der Waals surface area contributed by atoms with Crippen LogP contribution in [0, 0.1) is 0 Å². The third-order valence-corrected chi connectivity index (χ3v) is 4.72. The monoisotopic (exact) mass is 425 g/mol. The standard InChI is InChI=1S/C22H23N3O6/c1-29-17-11-15-16(12-18(17)30-2)24-13-25(22(15)28)10-6-9-19(26)31-20(21(23)27)14-7-4-3-5-8-14/h3-5,7-8,11-13,20H,6,9-10H2,1-2H3,(H2,23,27)/t20-/m0/s1. The summed E-state index contributed by atoms with van der Waals surface area (Å²) >= 11 is 0. The SMILES string of the molecule is COc1cc2ncn(CCCC(=O)O[C@H](C(N)=O)c3ccccc3)c(=O)c2cc1OC. The van der Waals surface area contributed by atoms with Gasteiger partial charge in [-0.1, -0.05) is 30.3 Å². The summed E-state index contributed by atoms with van der Waals surface area (Å²) in [5.41, 5.74) is 6.08. The highest BCUT2D eigenvalue weighted by Crippen LogP contribution is 2.29. The number of hydrogen-bond acceptors (Lipinski definition) is 7. The number of hydrogen-bond donors (Lipinski definition) is 1. The molecule has 1 atom stereocenters. The van der Waals surface area contributed by atoms with Crippen LogP contribution >= 0.6 is 0 Å². The highest BCUT2D eigenvalue weighted by molar-refractivity contribution is 5.83. The van der Waals surface area contributed by atoms with E-state index in [-0.39, 0.29) is 18.5 Å². The predicted octanol–water partition coefficient (Wildman–Crippen LogP) is 1.96. The van der Waals surface area contributed by atoms with Crippen molar-refractivity contribution in [3.8, 4) is 11.5 Å². The molecular weight excluding hydrogens is 402 g/mol. The number of methoxy groups -OCH3 is 2. The van der Waals surface area contributed by atoms with E-state index in [0.717, 1.165) is 0 Å². The van der Waals surface area contributed by atoms with Crippen LogP contribution in [-0.4, -0.2) is 35.6 Å². The molecule has 9 heteroatoms. The third kappa shape index (κ3) is 5.00. The third-order valence-electron chi connectivity index (χ3n) is 4.72. The lowest BCUT2D eigenvalue weighted by Crippen LogP contribution is -2.26. The molecule has 3 rings (SSSR count). The minimum Gasteiger partial charge on any atom is -0.493 e. The maximum Gasteiger partial charge on any atom is 0.306 e. The fourth-order valence-electron chi connectivity index (χ4n) is 3.15. The first-order chi connectivity index (χ1) is 14.9. The van der Waals surface area contributed by atoms with E-state index in [4.69, 9.17) is 19.9 Å². The molecule has 1 heterocycles. The van der Waals surface area contributed by atoms with Crippen molar-refractivity contribution in [3.63, 3.8) is 0 Å². The van der Waals surface area contributed by atoms with Gasteiger partial charge in [0.25, 0.3) is 11.5 Å². The van der Waals surface area contributed by atoms with E-state index < -0.39 is 18.0 Å². The Bertz CT molecular complexity index is 1140. The number of aromatic nitrogens is 2. The average molecular weight is 425 g/mol. The topological polar surface area (TPSA) is 123 Å². The van der Waals surface area contributed by atoms with Gasteiger partial charge in [-0.15, -0.1) is 0 Å². The van der Waals surface area contributed by atoms with Crippen LogP contribution < -0.4 is 20.8 Å². The van der Waals surface area contributed by atoms with E-state index >= 15 is 0 Å². The summed E-state index contributed by atoms with van der Waals surface area (Å²) in [4.78, 5) is 40.9. The molecule has 2 aromatic carbocycles. The molecule has 0 fully saturated rings. The van der Waals surface area contributed by atoms with E-state index in [1.807, 2.05) is 0 Å². The van der Waals surface area contributed by atoms with Crippen LogP contribution in [0.5, 0.6) is 11.5 Å². The van der Waals surface area contributed by atoms with E-state index in [9.17, 15) is 14.4 Å². The van der Waals surface area contributed by atoms with Crippen LogP contribution in [0.1, 0.15) is 24.5 Å². The van der Waals surface area contributed by atoms with Gasteiger partial charge in [0.1, 0.15) is 0 Å². The molecule has 0 unspecified atom stereocenters. The van der Waals surface area contributed by atoms with E-state index in [0.29, 0.717) is 34.4 Å². The first-order valence-electron chi connectivity index (χ1n) is 9.59. The number of benzene rings is 2. The predicted molar refractivity (Wildman–Crippen MR) is 113 cm³/mol. The number of esters is 1. The lowest BCUT2D eigenvalue weighted by molar-refractivity contribution is -0.155. The second kappa shape index (κ2) is 9.75. The largest absolute Gasteiger partial charge is 0.493 e. The Balaban J connectivity index is 1.67. The molecule has 0 saturated heterocycles. The fraction of sp³-hybridized carbons (Fsp3) is 0.273. The second-order valence-electron chi connectivity index (χ2n) is 6.75. The number of aryl methyl sites for hydroxylation is 1. The molecule has 1 aromatic heterocycles. The minimum absolute atomic E-state index is 0.00697. The Morgan fingerprint density at radius 3 is 2.42 bits per heavy atom. The molecule has 0 radical (unpaired) electrons. The van der Waals surface area contributed by atoms with Crippen LogP contribution in [0.25, 0.3) is 10.9 Å². The number of rotatable bonds is 9. The van der Waals surface area contributed by atoms with Crippen LogP contribution in [0.15, 0.2) is 53.6 Å². The maximum absolute atomic E-state index is 12.8. The molecule has 1 amide bonds. The lowest BCUT2D eigenvalue weighted by Gasteiger charge is -2.15. The van der Waals surface area contributed by atoms with Gasteiger partial charge in [0.05, 0.1) is 31.4 Å². The van der Waals surface area contributed by atoms with Crippen LogP contribution in [0.3, 0.4) is 0 Å². The Hall–Kier alpha value is -3.88. The van der Waals surface area contributed by atoms with Gasteiger partial charge in [-0.05, 0) is 12.5 Å². The summed E-state index contributed by atoms with van der Waals surface area (Å²) in [7, 11) is 2.99. The first kappa shape index (κ1) is 21.8. The molecule has 31 heavy (non-hydrogen) atoms. The number of carbonyl (C=O) groups excluding carboxylic acids is 2. The van der Waals surface area contributed by atoms with Gasteiger partial charge in [-0.2, -0.15) is 0 Å². The van der Waals surface area contributed by atoms with Crippen molar-refractivity contribution in [1.29, 1.82) is 0 Å². The van der Waals surface area contributed by atoms with Crippen LogP contribution in [0.2, 0.25) is 0 Å².